The molecule has 0 aromatic heterocycles. The summed E-state index contributed by atoms with van der Waals surface area (Å²) in [5.74, 6) is -0.339. The van der Waals surface area contributed by atoms with Crippen LogP contribution in [0.1, 0.15) is 27.2 Å². The Bertz CT molecular complexity index is 265. The van der Waals surface area contributed by atoms with Crippen LogP contribution in [0.4, 0.5) is 0 Å². The molecule has 0 unspecified atom stereocenters. The van der Waals surface area contributed by atoms with Crippen molar-refractivity contribution >= 4 is 11.8 Å². The van der Waals surface area contributed by atoms with Crippen molar-refractivity contribution in [1.82, 2.24) is 10.2 Å². The van der Waals surface area contributed by atoms with Crippen LogP contribution in [0.15, 0.2) is 0 Å². The first-order chi connectivity index (χ1) is 7.38. The molecular formula is C11H20N2O3. The number of nitrogens with one attached hydrogen (secondary N) is 1. The molecule has 0 saturated carbocycles. The lowest BCUT2D eigenvalue weighted by molar-refractivity contribution is -0.139. The first kappa shape index (κ1) is 13.0. The van der Waals surface area contributed by atoms with E-state index in [1.54, 1.807) is 4.90 Å². The van der Waals surface area contributed by atoms with E-state index in [-0.39, 0.29) is 23.8 Å². The van der Waals surface area contributed by atoms with Crippen molar-refractivity contribution in [3.63, 3.8) is 0 Å². The maximum atomic E-state index is 11.7. The summed E-state index contributed by atoms with van der Waals surface area (Å²) >= 11 is 0. The van der Waals surface area contributed by atoms with Gasteiger partial charge in [0.1, 0.15) is 6.42 Å². The molecular weight excluding hydrogens is 208 g/mol. The van der Waals surface area contributed by atoms with E-state index < -0.39 is 0 Å². The van der Waals surface area contributed by atoms with Crippen LogP contribution >= 0.6 is 0 Å². The summed E-state index contributed by atoms with van der Waals surface area (Å²) in [6.45, 7) is 7.97. The molecule has 0 spiro atoms. The molecule has 1 heterocycles. The van der Waals surface area contributed by atoms with Gasteiger partial charge in [-0.2, -0.15) is 0 Å². The van der Waals surface area contributed by atoms with Crippen LogP contribution in [0.2, 0.25) is 0 Å². The van der Waals surface area contributed by atoms with Gasteiger partial charge in [0.2, 0.25) is 11.8 Å². The number of rotatable bonds is 2. The second-order valence-electron chi connectivity index (χ2n) is 4.97. The highest BCUT2D eigenvalue weighted by Gasteiger charge is 2.21. The van der Waals surface area contributed by atoms with Gasteiger partial charge in [-0.15, -0.1) is 0 Å². The molecule has 0 aliphatic carbocycles. The number of ether oxygens (including phenoxy) is 1. The van der Waals surface area contributed by atoms with E-state index in [1.165, 1.54) is 0 Å². The van der Waals surface area contributed by atoms with Crippen molar-refractivity contribution in [1.29, 1.82) is 0 Å². The van der Waals surface area contributed by atoms with Crippen molar-refractivity contribution in [2.75, 3.05) is 26.3 Å². The predicted octanol–water partition coefficient (Wildman–Crippen LogP) is 0.150. The number of hydrogen-bond acceptors (Lipinski definition) is 3. The van der Waals surface area contributed by atoms with E-state index in [0.29, 0.717) is 26.3 Å². The zero-order chi connectivity index (χ0) is 12.2. The highest BCUT2D eigenvalue weighted by atomic mass is 16.5. The van der Waals surface area contributed by atoms with Gasteiger partial charge in [0.05, 0.1) is 13.2 Å². The fraction of sp³-hybridized carbons (Fsp3) is 0.818. The molecule has 5 heteroatoms. The van der Waals surface area contributed by atoms with E-state index in [1.807, 2.05) is 20.8 Å². The van der Waals surface area contributed by atoms with Crippen LogP contribution in [-0.2, 0) is 14.3 Å². The molecule has 0 bridgehead atoms. The standard InChI is InChI=1S/C11H20N2O3/c1-11(2,3)12-9(14)8-10(15)13-4-6-16-7-5-13/h4-8H2,1-3H3,(H,12,14). The summed E-state index contributed by atoms with van der Waals surface area (Å²) in [6, 6.07) is 0. The molecule has 1 aliphatic rings. The third-order valence-electron chi connectivity index (χ3n) is 2.19. The lowest BCUT2D eigenvalue weighted by Gasteiger charge is -2.27. The van der Waals surface area contributed by atoms with Gasteiger partial charge in [0.25, 0.3) is 0 Å². The topological polar surface area (TPSA) is 58.6 Å². The monoisotopic (exact) mass is 228 g/mol. The number of morpholine rings is 1. The number of carbonyl (C=O) groups excluding carboxylic acids is 2. The molecule has 1 rings (SSSR count). The molecule has 16 heavy (non-hydrogen) atoms. The van der Waals surface area contributed by atoms with Crippen molar-refractivity contribution in [3.8, 4) is 0 Å². The Labute approximate surface area is 96.1 Å². The van der Waals surface area contributed by atoms with Gasteiger partial charge < -0.3 is 15.0 Å². The average Bonchev–Trinajstić information content (AvgIpc) is 2.16. The summed E-state index contributed by atoms with van der Waals surface area (Å²) in [5, 5.41) is 2.77. The Morgan fingerprint density at radius 2 is 1.81 bits per heavy atom. The summed E-state index contributed by atoms with van der Waals surface area (Å²) in [7, 11) is 0. The maximum absolute atomic E-state index is 11.7. The predicted molar refractivity (Wildman–Crippen MR) is 59.9 cm³/mol. The fourth-order valence-electron chi connectivity index (χ4n) is 1.52. The normalized spacial score (nSPS) is 17.1. The van der Waals surface area contributed by atoms with Crippen LogP contribution in [-0.4, -0.2) is 48.6 Å². The van der Waals surface area contributed by atoms with Crippen molar-refractivity contribution < 1.29 is 14.3 Å². The number of hydrogen-bond donors (Lipinski definition) is 1. The molecule has 0 radical (unpaired) electrons. The summed E-state index contributed by atoms with van der Waals surface area (Å²) in [6.07, 6.45) is -0.0722. The lowest BCUT2D eigenvalue weighted by Crippen LogP contribution is -2.45. The van der Waals surface area contributed by atoms with E-state index in [4.69, 9.17) is 4.74 Å². The fourth-order valence-corrected chi connectivity index (χ4v) is 1.52. The quantitative estimate of drug-likeness (QED) is 0.684. The van der Waals surface area contributed by atoms with Gasteiger partial charge >= 0.3 is 0 Å². The molecule has 1 N–H and O–H groups in total. The number of nitrogens with zero attached hydrogens (tertiary/aromatic N) is 1. The number of amides is 2. The van der Waals surface area contributed by atoms with Crippen molar-refractivity contribution in [2.24, 2.45) is 0 Å². The van der Waals surface area contributed by atoms with Gasteiger partial charge in [0.15, 0.2) is 0 Å². The molecule has 0 aromatic carbocycles. The molecule has 92 valence electrons. The minimum atomic E-state index is -0.289. The highest BCUT2D eigenvalue weighted by Crippen LogP contribution is 2.03. The molecule has 5 nitrogen and oxygen atoms in total. The van der Waals surface area contributed by atoms with Crippen molar-refractivity contribution in [2.45, 2.75) is 32.7 Å². The first-order valence-corrected chi connectivity index (χ1v) is 5.55. The molecule has 1 saturated heterocycles. The largest absolute Gasteiger partial charge is 0.378 e. The Morgan fingerprint density at radius 1 is 1.25 bits per heavy atom. The minimum Gasteiger partial charge on any atom is -0.378 e. The summed E-state index contributed by atoms with van der Waals surface area (Å²) in [4.78, 5) is 24.9. The Hall–Kier alpha value is -1.10. The average molecular weight is 228 g/mol. The molecule has 0 aromatic rings. The molecule has 0 atom stereocenters. The van der Waals surface area contributed by atoms with Crippen LogP contribution in [0.5, 0.6) is 0 Å². The van der Waals surface area contributed by atoms with Crippen LogP contribution < -0.4 is 5.32 Å². The Balaban J connectivity index is 2.35. The van der Waals surface area contributed by atoms with Gasteiger partial charge in [-0.25, -0.2) is 0 Å². The first-order valence-electron chi connectivity index (χ1n) is 5.55. The summed E-state index contributed by atoms with van der Waals surface area (Å²) in [5.41, 5.74) is -0.289. The second-order valence-corrected chi connectivity index (χ2v) is 4.97. The second kappa shape index (κ2) is 5.30. The third kappa shape index (κ3) is 4.61. The smallest absolute Gasteiger partial charge is 0.232 e. The zero-order valence-corrected chi connectivity index (χ0v) is 10.2. The van der Waals surface area contributed by atoms with Crippen LogP contribution in [0.25, 0.3) is 0 Å². The van der Waals surface area contributed by atoms with E-state index in [9.17, 15) is 9.59 Å². The zero-order valence-electron chi connectivity index (χ0n) is 10.2. The van der Waals surface area contributed by atoms with E-state index in [2.05, 4.69) is 5.32 Å². The lowest BCUT2D eigenvalue weighted by atomic mass is 10.1. The number of carbonyl (C=O) groups is 2. The SMILES string of the molecule is CC(C)(C)NC(=O)CC(=O)N1CCOCC1. The van der Waals surface area contributed by atoms with E-state index in [0.717, 1.165) is 0 Å². The van der Waals surface area contributed by atoms with Crippen molar-refractivity contribution in [3.05, 3.63) is 0 Å². The third-order valence-corrected chi connectivity index (χ3v) is 2.19. The minimum absolute atomic E-state index is 0.0722. The highest BCUT2D eigenvalue weighted by molar-refractivity contribution is 5.97. The van der Waals surface area contributed by atoms with Gasteiger partial charge in [-0.1, -0.05) is 0 Å². The Morgan fingerprint density at radius 3 is 2.31 bits per heavy atom. The molecule has 1 aliphatic heterocycles. The van der Waals surface area contributed by atoms with Gasteiger partial charge in [0, 0.05) is 18.6 Å². The Kier molecular flexibility index (Phi) is 4.29. The molecule has 2 amide bonds. The van der Waals surface area contributed by atoms with Crippen LogP contribution in [0, 0.1) is 0 Å². The van der Waals surface area contributed by atoms with Crippen LogP contribution in [0.3, 0.4) is 0 Å². The maximum Gasteiger partial charge on any atom is 0.232 e. The van der Waals surface area contributed by atoms with E-state index >= 15 is 0 Å². The summed E-state index contributed by atoms with van der Waals surface area (Å²) < 4.78 is 5.14. The van der Waals surface area contributed by atoms with Gasteiger partial charge in [-0.3, -0.25) is 9.59 Å². The van der Waals surface area contributed by atoms with Gasteiger partial charge in [-0.05, 0) is 20.8 Å². The molecule has 1 fully saturated rings.